The second-order valence-electron chi connectivity index (χ2n) is 4.70. The highest BCUT2D eigenvalue weighted by Gasteiger charge is 2.30. The number of amides is 1. The van der Waals surface area contributed by atoms with Gasteiger partial charge in [0, 0.05) is 20.2 Å². The molecular weight excluding hydrogens is 220 g/mol. The van der Waals surface area contributed by atoms with Gasteiger partial charge in [0.1, 0.15) is 0 Å². The predicted octanol–water partition coefficient (Wildman–Crippen LogP) is 0.0306. The van der Waals surface area contributed by atoms with Crippen LogP contribution in [-0.4, -0.2) is 49.0 Å². The fraction of sp³-hybridized carbons (Fsp3) is 0.917. The number of hydrogen-bond acceptors (Lipinski definition) is 4. The SMILES string of the molecule is CCC(O)(CC)CNC(=O)C1CC(OC)CN1. The molecule has 1 heterocycles. The molecule has 0 bridgehead atoms. The van der Waals surface area contributed by atoms with E-state index in [-0.39, 0.29) is 18.1 Å². The summed E-state index contributed by atoms with van der Waals surface area (Å²) < 4.78 is 5.19. The van der Waals surface area contributed by atoms with Crippen molar-refractivity contribution in [1.29, 1.82) is 0 Å². The minimum atomic E-state index is -0.783. The van der Waals surface area contributed by atoms with Gasteiger partial charge in [-0.1, -0.05) is 13.8 Å². The normalized spacial score (nSPS) is 24.9. The Labute approximate surface area is 103 Å². The lowest BCUT2D eigenvalue weighted by Crippen LogP contribution is -2.47. The molecule has 2 unspecified atom stereocenters. The van der Waals surface area contributed by atoms with Crippen molar-refractivity contribution >= 4 is 5.91 Å². The summed E-state index contributed by atoms with van der Waals surface area (Å²) in [5.41, 5.74) is -0.783. The third kappa shape index (κ3) is 3.94. The number of ether oxygens (including phenoxy) is 1. The molecule has 0 aromatic rings. The Morgan fingerprint density at radius 3 is 2.65 bits per heavy atom. The van der Waals surface area contributed by atoms with Crippen LogP contribution in [0, 0.1) is 0 Å². The van der Waals surface area contributed by atoms with Gasteiger partial charge in [-0.25, -0.2) is 0 Å². The standard InChI is InChI=1S/C12H24N2O3/c1-4-12(16,5-2)8-14-11(15)10-6-9(17-3)7-13-10/h9-10,13,16H,4-8H2,1-3H3,(H,14,15). The van der Waals surface area contributed by atoms with Gasteiger partial charge in [-0.3, -0.25) is 4.79 Å². The molecular formula is C12H24N2O3. The molecule has 1 aliphatic heterocycles. The molecule has 1 rings (SSSR count). The van der Waals surface area contributed by atoms with Crippen LogP contribution in [0.3, 0.4) is 0 Å². The van der Waals surface area contributed by atoms with Crippen molar-refractivity contribution in [2.45, 2.75) is 50.9 Å². The van der Waals surface area contributed by atoms with E-state index in [9.17, 15) is 9.90 Å². The number of methoxy groups -OCH3 is 1. The number of nitrogens with one attached hydrogen (secondary N) is 2. The van der Waals surface area contributed by atoms with E-state index in [2.05, 4.69) is 10.6 Å². The Bertz CT molecular complexity index is 254. The summed E-state index contributed by atoms with van der Waals surface area (Å²) in [5.74, 6) is -0.0510. The van der Waals surface area contributed by atoms with Crippen LogP contribution in [0.5, 0.6) is 0 Å². The number of aliphatic hydroxyl groups is 1. The number of carbonyl (C=O) groups is 1. The quantitative estimate of drug-likeness (QED) is 0.616. The average molecular weight is 244 g/mol. The maximum Gasteiger partial charge on any atom is 0.237 e. The highest BCUT2D eigenvalue weighted by atomic mass is 16.5. The lowest BCUT2D eigenvalue weighted by Gasteiger charge is -2.26. The fourth-order valence-electron chi connectivity index (χ4n) is 1.96. The maximum absolute atomic E-state index is 11.8. The van der Waals surface area contributed by atoms with E-state index in [1.165, 1.54) is 0 Å². The van der Waals surface area contributed by atoms with E-state index < -0.39 is 5.60 Å². The molecule has 1 aliphatic rings. The van der Waals surface area contributed by atoms with Gasteiger partial charge in [-0.2, -0.15) is 0 Å². The van der Waals surface area contributed by atoms with E-state index in [0.717, 1.165) is 0 Å². The fourth-order valence-corrected chi connectivity index (χ4v) is 1.96. The molecule has 17 heavy (non-hydrogen) atoms. The third-order valence-electron chi connectivity index (χ3n) is 3.65. The van der Waals surface area contributed by atoms with Crippen molar-refractivity contribution in [3.63, 3.8) is 0 Å². The smallest absolute Gasteiger partial charge is 0.237 e. The van der Waals surface area contributed by atoms with Crippen LogP contribution in [0.1, 0.15) is 33.1 Å². The molecule has 5 heteroatoms. The molecule has 0 aliphatic carbocycles. The summed E-state index contributed by atoms with van der Waals surface area (Å²) in [6, 6.07) is -0.196. The second-order valence-corrected chi connectivity index (χ2v) is 4.70. The van der Waals surface area contributed by atoms with Gasteiger partial charge in [-0.05, 0) is 19.3 Å². The van der Waals surface area contributed by atoms with Crippen molar-refractivity contribution in [2.75, 3.05) is 20.2 Å². The lowest BCUT2D eigenvalue weighted by molar-refractivity contribution is -0.124. The van der Waals surface area contributed by atoms with Gasteiger partial charge >= 0.3 is 0 Å². The van der Waals surface area contributed by atoms with E-state index >= 15 is 0 Å². The number of rotatable bonds is 6. The Morgan fingerprint density at radius 2 is 2.18 bits per heavy atom. The van der Waals surface area contributed by atoms with Crippen LogP contribution in [0.25, 0.3) is 0 Å². The van der Waals surface area contributed by atoms with E-state index in [1.54, 1.807) is 7.11 Å². The van der Waals surface area contributed by atoms with Crippen molar-refractivity contribution in [3.05, 3.63) is 0 Å². The van der Waals surface area contributed by atoms with Gasteiger partial charge in [-0.15, -0.1) is 0 Å². The maximum atomic E-state index is 11.8. The van der Waals surface area contributed by atoms with E-state index in [1.807, 2.05) is 13.8 Å². The van der Waals surface area contributed by atoms with Gasteiger partial charge in [0.25, 0.3) is 0 Å². The van der Waals surface area contributed by atoms with Crippen molar-refractivity contribution in [3.8, 4) is 0 Å². The summed E-state index contributed by atoms with van der Waals surface area (Å²) in [7, 11) is 1.65. The average Bonchev–Trinajstić information content (AvgIpc) is 2.84. The molecule has 0 saturated carbocycles. The molecule has 2 atom stereocenters. The van der Waals surface area contributed by atoms with Crippen molar-refractivity contribution in [2.24, 2.45) is 0 Å². The summed E-state index contributed by atoms with van der Waals surface area (Å²) in [6.07, 6.45) is 2.09. The Balaban J connectivity index is 2.35. The number of carbonyl (C=O) groups excluding carboxylic acids is 1. The first-order valence-corrected chi connectivity index (χ1v) is 6.31. The molecule has 0 radical (unpaired) electrons. The molecule has 1 fully saturated rings. The zero-order valence-corrected chi connectivity index (χ0v) is 11.0. The molecule has 0 aromatic carbocycles. The highest BCUT2D eigenvalue weighted by molar-refractivity contribution is 5.82. The molecule has 5 nitrogen and oxygen atoms in total. The van der Waals surface area contributed by atoms with Gasteiger partial charge in [0.05, 0.1) is 17.7 Å². The monoisotopic (exact) mass is 244 g/mol. The first kappa shape index (κ1) is 14.4. The van der Waals surface area contributed by atoms with Crippen molar-refractivity contribution < 1.29 is 14.6 Å². The predicted molar refractivity (Wildman–Crippen MR) is 65.7 cm³/mol. The Kier molecular flexibility index (Phi) is 5.36. The summed E-state index contributed by atoms with van der Waals surface area (Å²) in [5, 5.41) is 16.0. The molecule has 3 N–H and O–H groups in total. The summed E-state index contributed by atoms with van der Waals surface area (Å²) in [6.45, 7) is 4.87. The van der Waals surface area contributed by atoms with Gasteiger partial charge in [0.2, 0.25) is 5.91 Å². The first-order valence-electron chi connectivity index (χ1n) is 6.31. The zero-order chi connectivity index (χ0) is 12.9. The van der Waals surface area contributed by atoms with Gasteiger partial charge in [0.15, 0.2) is 0 Å². The van der Waals surface area contributed by atoms with Crippen molar-refractivity contribution in [1.82, 2.24) is 10.6 Å². The molecule has 100 valence electrons. The Morgan fingerprint density at radius 1 is 1.53 bits per heavy atom. The summed E-state index contributed by atoms with van der Waals surface area (Å²) >= 11 is 0. The Hall–Kier alpha value is -0.650. The zero-order valence-electron chi connectivity index (χ0n) is 11.0. The topological polar surface area (TPSA) is 70.6 Å². The molecule has 1 saturated heterocycles. The molecule has 1 amide bonds. The van der Waals surface area contributed by atoms with Gasteiger partial charge < -0.3 is 20.5 Å². The lowest BCUT2D eigenvalue weighted by atomic mass is 9.97. The van der Waals surface area contributed by atoms with Crippen LogP contribution in [-0.2, 0) is 9.53 Å². The van der Waals surface area contributed by atoms with Crippen LogP contribution < -0.4 is 10.6 Å². The van der Waals surface area contributed by atoms with Crippen LogP contribution in [0.15, 0.2) is 0 Å². The van der Waals surface area contributed by atoms with Crippen LogP contribution in [0.4, 0.5) is 0 Å². The second kappa shape index (κ2) is 6.33. The molecule has 0 aromatic heterocycles. The highest BCUT2D eigenvalue weighted by Crippen LogP contribution is 2.14. The van der Waals surface area contributed by atoms with E-state index in [0.29, 0.717) is 32.4 Å². The largest absolute Gasteiger partial charge is 0.388 e. The first-order chi connectivity index (χ1) is 8.04. The van der Waals surface area contributed by atoms with Crippen LogP contribution >= 0.6 is 0 Å². The minimum Gasteiger partial charge on any atom is -0.388 e. The minimum absolute atomic E-state index is 0.0510. The molecule has 0 spiro atoms. The number of hydrogen-bond donors (Lipinski definition) is 3. The van der Waals surface area contributed by atoms with Crippen LogP contribution in [0.2, 0.25) is 0 Å². The van der Waals surface area contributed by atoms with E-state index in [4.69, 9.17) is 4.74 Å². The summed E-state index contributed by atoms with van der Waals surface area (Å²) in [4.78, 5) is 11.8. The third-order valence-corrected chi connectivity index (χ3v) is 3.65.